The smallest absolute Gasteiger partial charge is 0.333 e. The normalized spacial score (nSPS) is 14.3. The maximum atomic E-state index is 12.6. The lowest BCUT2D eigenvalue weighted by molar-refractivity contribution is -0.0432. The number of azo groups is 1. The summed E-state index contributed by atoms with van der Waals surface area (Å²) in [5, 5.41) is 10.7. The molecule has 164 valence electrons. The molecule has 3 aromatic rings. The van der Waals surface area contributed by atoms with E-state index in [1.165, 1.54) is 18.2 Å². The Morgan fingerprint density at radius 1 is 0.844 bits per heavy atom. The quantitative estimate of drug-likeness (QED) is 0.521. The van der Waals surface area contributed by atoms with Gasteiger partial charge < -0.3 is 14.8 Å². The van der Waals surface area contributed by atoms with E-state index >= 15 is 0 Å². The van der Waals surface area contributed by atoms with Gasteiger partial charge in [-0.05, 0) is 48.5 Å². The molecule has 4 rings (SSSR count). The molecular weight excluding hydrogens is 432 g/mol. The molecule has 1 aliphatic heterocycles. The number of amides is 2. The van der Waals surface area contributed by atoms with Crippen LogP contribution in [0.2, 0.25) is 0 Å². The zero-order chi connectivity index (χ0) is 22.8. The molecule has 0 saturated heterocycles. The van der Waals surface area contributed by atoms with Crippen molar-refractivity contribution in [3.63, 3.8) is 0 Å². The van der Waals surface area contributed by atoms with E-state index in [2.05, 4.69) is 15.5 Å². The fourth-order valence-corrected chi connectivity index (χ4v) is 3.85. The minimum atomic E-state index is -4.12. The molecule has 0 bridgehead atoms. The average molecular weight is 452 g/mol. The summed E-state index contributed by atoms with van der Waals surface area (Å²) in [6, 6.07) is 19.0. The van der Waals surface area contributed by atoms with Crippen molar-refractivity contribution in [3.8, 4) is 11.5 Å². The second-order valence-corrected chi connectivity index (χ2v) is 9.04. The summed E-state index contributed by atoms with van der Waals surface area (Å²) in [6.45, 7) is 3.42. The topological polar surface area (TPSA) is 118 Å². The van der Waals surface area contributed by atoms with Gasteiger partial charge in [0.1, 0.15) is 0 Å². The Bertz CT molecular complexity index is 1270. The van der Waals surface area contributed by atoms with Gasteiger partial charge in [0.15, 0.2) is 11.5 Å². The Labute approximate surface area is 185 Å². The number of nitrogens with zero attached hydrogens (tertiary/aromatic N) is 2. The van der Waals surface area contributed by atoms with Crippen LogP contribution in [-0.2, 0) is 10.0 Å². The number of carbonyl (C=O) groups excluding carboxylic acids is 1. The molecule has 0 unspecified atom stereocenters. The molecule has 2 N–H and O–H groups in total. The van der Waals surface area contributed by atoms with Crippen LogP contribution in [0.25, 0.3) is 0 Å². The predicted octanol–water partition coefficient (Wildman–Crippen LogP) is 5.12. The second kappa shape index (κ2) is 8.31. The molecule has 0 radical (unpaired) electrons. The minimum Gasteiger partial charge on any atom is -0.449 e. The van der Waals surface area contributed by atoms with E-state index in [1.807, 2.05) is 35.1 Å². The largest absolute Gasteiger partial charge is 0.449 e. The third-order valence-corrected chi connectivity index (χ3v) is 5.66. The summed E-state index contributed by atoms with van der Waals surface area (Å²) < 4.78 is 38.2. The number of nitrogens with one attached hydrogen (secondary N) is 2. The first-order chi connectivity index (χ1) is 15.2. The van der Waals surface area contributed by atoms with Crippen molar-refractivity contribution in [1.82, 2.24) is 4.72 Å². The summed E-state index contributed by atoms with van der Waals surface area (Å²) in [4.78, 5) is 12.1. The zero-order valence-electron chi connectivity index (χ0n) is 17.3. The Kier molecular flexibility index (Phi) is 5.54. The van der Waals surface area contributed by atoms with E-state index in [0.717, 1.165) is 0 Å². The van der Waals surface area contributed by atoms with E-state index in [4.69, 9.17) is 9.47 Å². The Morgan fingerprint density at radius 2 is 1.47 bits per heavy atom. The second-order valence-electron chi connectivity index (χ2n) is 7.35. The van der Waals surface area contributed by atoms with Crippen LogP contribution in [0.15, 0.2) is 87.9 Å². The van der Waals surface area contributed by atoms with Gasteiger partial charge in [-0.1, -0.05) is 18.2 Å². The minimum absolute atomic E-state index is 0.121. The number of benzene rings is 3. The van der Waals surface area contributed by atoms with E-state index in [0.29, 0.717) is 28.6 Å². The SMILES string of the molecule is CC1(C)Oc2ccc(S(=O)(=O)NC(=O)Nc3ccc(N=Nc4ccccc4)cc3)cc2O1. The van der Waals surface area contributed by atoms with Gasteiger partial charge in [0.25, 0.3) is 10.0 Å². The fourth-order valence-electron chi connectivity index (χ4n) is 2.93. The van der Waals surface area contributed by atoms with Crippen LogP contribution in [0.5, 0.6) is 11.5 Å². The van der Waals surface area contributed by atoms with Crippen molar-refractivity contribution in [1.29, 1.82) is 0 Å². The third kappa shape index (κ3) is 5.03. The van der Waals surface area contributed by atoms with E-state index < -0.39 is 21.8 Å². The molecule has 2 amide bonds. The third-order valence-electron chi connectivity index (χ3n) is 4.33. The Hall–Kier alpha value is -3.92. The fraction of sp³-hybridized carbons (Fsp3) is 0.136. The maximum absolute atomic E-state index is 12.6. The van der Waals surface area contributed by atoms with Crippen LogP contribution in [0.1, 0.15) is 13.8 Å². The van der Waals surface area contributed by atoms with Crippen molar-refractivity contribution in [3.05, 3.63) is 72.8 Å². The van der Waals surface area contributed by atoms with Crippen LogP contribution < -0.4 is 19.5 Å². The zero-order valence-corrected chi connectivity index (χ0v) is 18.1. The summed E-state index contributed by atoms with van der Waals surface area (Å²) in [7, 11) is -4.12. The lowest BCUT2D eigenvalue weighted by Gasteiger charge is -2.16. The number of rotatable bonds is 5. The number of anilines is 1. The van der Waals surface area contributed by atoms with E-state index in [1.54, 1.807) is 38.1 Å². The molecule has 0 spiro atoms. The molecule has 0 fully saturated rings. The van der Waals surface area contributed by atoms with Crippen LogP contribution in [0, 0.1) is 0 Å². The molecule has 0 saturated carbocycles. The van der Waals surface area contributed by atoms with Crippen molar-refractivity contribution < 1.29 is 22.7 Å². The van der Waals surface area contributed by atoms with Crippen molar-refractivity contribution in [2.24, 2.45) is 10.2 Å². The summed E-state index contributed by atoms with van der Waals surface area (Å²) >= 11 is 0. The number of hydrogen-bond acceptors (Lipinski definition) is 7. The summed E-state index contributed by atoms with van der Waals surface area (Å²) in [5.41, 5.74) is 1.69. The number of hydrogen-bond donors (Lipinski definition) is 2. The van der Waals surface area contributed by atoms with Gasteiger partial charge in [-0.3, -0.25) is 0 Å². The molecule has 1 heterocycles. The molecule has 0 aliphatic carbocycles. The van der Waals surface area contributed by atoms with Crippen LogP contribution >= 0.6 is 0 Å². The molecule has 1 aliphatic rings. The molecule has 0 aromatic heterocycles. The van der Waals surface area contributed by atoms with Gasteiger partial charge in [0, 0.05) is 25.6 Å². The lowest BCUT2D eigenvalue weighted by Crippen LogP contribution is -2.34. The van der Waals surface area contributed by atoms with Gasteiger partial charge in [-0.15, -0.1) is 0 Å². The number of ether oxygens (including phenoxy) is 2. The molecular formula is C22H20N4O5S. The standard InChI is InChI=1S/C22H20N4O5S/c1-22(2)30-19-13-12-18(14-20(19)31-22)32(28,29)26-21(27)23-15-8-10-17(11-9-15)25-24-16-6-4-3-5-7-16/h3-14H,1-2H3,(H2,23,26,27). The molecule has 32 heavy (non-hydrogen) atoms. The summed E-state index contributed by atoms with van der Waals surface area (Å²) in [6.07, 6.45) is 0. The van der Waals surface area contributed by atoms with Gasteiger partial charge >= 0.3 is 6.03 Å². The number of fused-ring (bicyclic) bond motifs is 1. The van der Waals surface area contributed by atoms with E-state index in [-0.39, 0.29) is 4.90 Å². The van der Waals surface area contributed by atoms with Crippen LogP contribution in [0.3, 0.4) is 0 Å². The highest BCUT2D eigenvalue weighted by Gasteiger charge is 2.33. The molecule has 3 aromatic carbocycles. The van der Waals surface area contributed by atoms with E-state index in [9.17, 15) is 13.2 Å². The van der Waals surface area contributed by atoms with Gasteiger partial charge in [-0.25, -0.2) is 17.9 Å². The van der Waals surface area contributed by atoms with Gasteiger partial charge in [0.2, 0.25) is 5.79 Å². The Balaban J connectivity index is 1.39. The Morgan fingerprint density at radius 3 is 2.16 bits per heavy atom. The molecule has 0 atom stereocenters. The highest BCUT2D eigenvalue weighted by Crippen LogP contribution is 2.40. The number of carbonyl (C=O) groups is 1. The number of sulfonamides is 1. The van der Waals surface area contributed by atoms with Gasteiger partial charge in [0.05, 0.1) is 16.3 Å². The first-order valence-electron chi connectivity index (χ1n) is 9.63. The highest BCUT2D eigenvalue weighted by atomic mass is 32.2. The summed E-state index contributed by atoms with van der Waals surface area (Å²) in [5.74, 6) is -0.163. The van der Waals surface area contributed by atoms with Crippen LogP contribution in [-0.4, -0.2) is 20.2 Å². The van der Waals surface area contributed by atoms with Crippen LogP contribution in [0.4, 0.5) is 21.9 Å². The van der Waals surface area contributed by atoms with Crippen molar-refractivity contribution in [2.75, 3.05) is 5.32 Å². The van der Waals surface area contributed by atoms with Gasteiger partial charge in [-0.2, -0.15) is 10.2 Å². The predicted molar refractivity (Wildman–Crippen MR) is 118 cm³/mol. The highest BCUT2D eigenvalue weighted by molar-refractivity contribution is 7.90. The average Bonchev–Trinajstić information content (AvgIpc) is 3.06. The van der Waals surface area contributed by atoms with Crippen molar-refractivity contribution in [2.45, 2.75) is 24.5 Å². The maximum Gasteiger partial charge on any atom is 0.333 e. The molecule has 9 nitrogen and oxygen atoms in total. The molecule has 10 heteroatoms. The number of urea groups is 1. The lowest BCUT2D eigenvalue weighted by atomic mass is 10.3. The monoisotopic (exact) mass is 452 g/mol. The first-order valence-corrected chi connectivity index (χ1v) is 11.1. The first kappa shape index (κ1) is 21.3. The van der Waals surface area contributed by atoms with Crippen molar-refractivity contribution >= 4 is 33.1 Å².